The minimum atomic E-state index is -0.713. The number of ether oxygens (including phenoxy) is 2. The summed E-state index contributed by atoms with van der Waals surface area (Å²) < 4.78 is 10.8. The second kappa shape index (κ2) is 8.10. The standard InChI is InChI=1S/C16H21BrN2O4/c1-5-22-15(21)14(18)11-7-6-10(17)8-12(11)19-9-13(20)23-16(2,3)4/h6-8,18-19H,5,9H2,1-4H3. The molecule has 6 nitrogen and oxygen atoms in total. The van der Waals surface area contributed by atoms with E-state index in [0.717, 1.165) is 4.47 Å². The molecule has 1 aromatic rings. The first kappa shape index (κ1) is 19.2. The van der Waals surface area contributed by atoms with Crippen molar-refractivity contribution in [3.05, 3.63) is 28.2 Å². The van der Waals surface area contributed by atoms with Crippen LogP contribution >= 0.6 is 15.9 Å². The predicted molar refractivity (Wildman–Crippen MR) is 91.9 cm³/mol. The summed E-state index contributed by atoms with van der Waals surface area (Å²) in [5.41, 5.74) is -0.0132. The number of esters is 2. The number of benzene rings is 1. The molecule has 2 N–H and O–H groups in total. The van der Waals surface area contributed by atoms with Crippen molar-refractivity contribution in [3.8, 4) is 0 Å². The molecule has 0 atom stereocenters. The SMILES string of the molecule is CCOC(=O)C(=N)c1ccc(Br)cc1NCC(=O)OC(C)(C)C. The zero-order chi connectivity index (χ0) is 17.6. The predicted octanol–water partition coefficient (Wildman–Crippen LogP) is 3.13. The minimum Gasteiger partial charge on any atom is -0.461 e. The number of anilines is 1. The Hall–Kier alpha value is -1.89. The summed E-state index contributed by atoms with van der Waals surface area (Å²) >= 11 is 3.33. The average molecular weight is 385 g/mol. The third-order valence-corrected chi connectivity index (χ3v) is 3.07. The summed E-state index contributed by atoms with van der Waals surface area (Å²) in [6, 6.07) is 5.01. The van der Waals surface area contributed by atoms with Gasteiger partial charge in [-0.05, 0) is 45.9 Å². The van der Waals surface area contributed by atoms with Crippen LogP contribution in [0.25, 0.3) is 0 Å². The number of nitrogens with one attached hydrogen (secondary N) is 2. The molecule has 0 unspecified atom stereocenters. The molecule has 0 spiro atoms. The van der Waals surface area contributed by atoms with Gasteiger partial charge in [-0.1, -0.05) is 15.9 Å². The fraction of sp³-hybridized carbons (Fsp3) is 0.438. The quantitative estimate of drug-likeness (QED) is 0.580. The topological polar surface area (TPSA) is 88.5 Å². The van der Waals surface area contributed by atoms with Crippen molar-refractivity contribution >= 4 is 39.3 Å². The summed E-state index contributed by atoms with van der Waals surface area (Å²) in [6.07, 6.45) is 0. The highest BCUT2D eigenvalue weighted by atomic mass is 79.9. The summed E-state index contributed by atoms with van der Waals surface area (Å²) in [6.45, 7) is 7.15. The first-order chi connectivity index (χ1) is 10.6. The van der Waals surface area contributed by atoms with Gasteiger partial charge in [-0.15, -0.1) is 0 Å². The Balaban J connectivity index is 2.89. The monoisotopic (exact) mass is 384 g/mol. The van der Waals surface area contributed by atoms with Crippen molar-refractivity contribution in [1.29, 1.82) is 5.41 Å². The van der Waals surface area contributed by atoms with E-state index in [1.54, 1.807) is 45.9 Å². The van der Waals surface area contributed by atoms with Crippen LogP contribution in [-0.2, 0) is 19.1 Å². The lowest BCUT2D eigenvalue weighted by Crippen LogP contribution is -2.28. The zero-order valence-electron chi connectivity index (χ0n) is 13.7. The molecule has 23 heavy (non-hydrogen) atoms. The van der Waals surface area contributed by atoms with Gasteiger partial charge in [0.25, 0.3) is 0 Å². The lowest BCUT2D eigenvalue weighted by Gasteiger charge is -2.20. The number of carbonyl (C=O) groups is 2. The molecule has 0 aromatic heterocycles. The number of rotatable bonds is 6. The summed E-state index contributed by atoms with van der Waals surface area (Å²) in [5, 5.41) is 10.8. The fourth-order valence-corrected chi connectivity index (χ4v) is 2.10. The van der Waals surface area contributed by atoms with Gasteiger partial charge in [0.15, 0.2) is 0 Å². The van der Waals surface area contributed by atoms with Crippen LogP contribution in [0, 0.1) is 5.41 Å². The van der Waals surface area contributed by atoms with E-state index in [0.29, 0.717) is 11.3 Å². The van der Waals surface area contributed by atoms with Crippen molar-refractivity contribution in [2.24, 2.45) is 0 Å². The van der Waals surface area contributed by atoms with Gasteiger partial charge in [-0.3, -0.25) is 10.2 Å². The Morgan fingerprint density at radius 2 is 1.96 bits per heavy atom. The van der Waals surface area contributed by atoms with Gasteiger partial charge >= 0.3 is 11.9 Å². The molecule has 0 saturated carbocycles. The Labute approximate surface area is 144 Å². The normalized spacial score (nSPS) is 10.8. The highest BCUT2D eigenvalue weighted by Gasteiger charge is 2.19. The number of carbonyl (C=O) groups excluding carboxylic acids is 2. The van der Waals surface area contributed by atoms with Crippen LogP contribution in [0.5, 0.6) is 0 Å². The van der Waals surface area contributed by atoms with Crippen LogP contribution < -0.4 is 5.32 Å². The molecule has 0 heterocycles. The van der Waals surface area contributed by atoms with E-state index in [9.17, 15) is 9.59 Å². The second-order valence-corrected chi connectivity index (χ2v) is 6.64. The molecular formula is C16H21BrN2O4. The van der Waals surface area contributed by atoms with Gasteiger partial charge in [0, 0.05) is 15.7 Å². The molecular weight excluding hydrogens is 364 g/mol. The largest absolute Gasteiger partial charge is 0.461 e. The average Bonchev–Trinajstić information content (AvgIpc) is 2.43. The summed E-state index contributed by atoms with van der Waals surface area (Å²) in [4.78, 5) is 23.5. The molecule has 0 fully saturated rings. The van der Waals surface area contributed by atoms with E-state index in [-0.39, 0.29) is 18.9 Å². The van der Waals surface area contributed by atoms with Gasteiger partial charge in [-0.25, -0.2) is 4.79 Å². The second-order valence-electron chi connectivity index (χ2n) is 5.73. The van der Waals surface area contributed by atoms with Crippen molar-refractivity contribution in [2.45, 2.75) is 33.3 Å². The van der Waals surface area contributed by atoms with Crippen molar-refractivity contribution in [3.63, 3.8) is 0 Å². The van der Waals surface area contributed by atoms with Crippen LogP contribution in [0.2, 0.25) is 0 Å². The van der Waals surface area contributed by atoms with E-state index in [2.05, 4.69) is 21.2 Å². The van der Waals surface area contributed by atoms with Gasteiger partial charge < -0.3 is 14.8 Å². The number of hydrogen-bond acceptors (Lipinski definition) is 6. The first-order valence-corrected chi connectivity index (χ1v) is 7.94. The van der Waals surface area contributed by atoms with Gasteiger partial charge in [-0.2, -0.15) is 0 Å². The van der Waals surface area contributed by atoms with Crippen molar-refractivity contribution < 1.29 is 19.1 Å². The van der Waals surface area contributed by atoms with Crippen LogP contribution in [-0.4, -0.2) is 36.4 Å². The number of halogens is 1. The molecule has 0 aliphatic carbocycles. The van der Waals surface area contributed by atoms with E-state index in [1.807, 2.05) is 0 Å². The lowest BCUT2D eigenvalue weighted by molar-refractivity contribution is -0.152. The maximum atomic E-state index is 11.8. The Morgan fingerprint density at radius 3 is 2.52 bits per heavy atom. The smallest absolute Gasteiger partial charge is 0.356 e. The molecule has 0 radical (unpaired) electrons. The zero-order valence-corrected chi connectivity index (χ0v) is 15.2. The molecule has 1 rings (SSSR count). The maximum absolute atomic E-state index is 11.8. The molecule has 0 amide bonds. The van der Waals surface area contributed by atoms with Crippen molar-refractivity contribution in [2.75, 3.05) is 18.5 Å². The first-order valence-electron chi connectivity index (χ1n) is 7.15. The van der Waals surface area contributed by atoms with Gasteiger partial charge in [0.2, 0.25) is 0 Å². The van der Waals surface area contributed by atoms with E-state index in [1.165, 1.54) is 0 Å². The lowest BCUT2D eigenvalue weighted by atomic mass is 10.1. The van der Waals surface area contributed by atoms with Gasteiger partial charge in [0.1, 0.15) is 17.9 Å². The molecule has 0 saturated heterocycles. The molecule has 0 aliphatic heterocycles. The highest BCUT2D eigenvalue weighted by Crippen LogP contribution is 2.22. The van der Waals surface area contributed by atoms with Crippen LogP contribution in [0.1, 0.15) is 33.3 Å². The van der Waals surface area contributed by atoms with Crippen LogP contribution in [0.4, 0.5) is 5.69 Å². The highest BCUT2D eigenvalue weighted by molar-refractivity contribution is 9.10. The fourth-order valence-electron chi connectivity index (χ4n) is 1.74. The number of hydrogen-bond donors (Lipinski definition) is 2. The third kappa shape index (κ3) is 6.40. The minimum absolute atomic E-state index is 0.0726. The van der Waals surface area contributed by atoms with Crippen LogP contribution in [0.15, 0.2) is 22.7 Å². The van der Waals surface area contributed by atoms with Crippen molar-refractivity contribution in [1.82, 2.24) is 0 Å². The van der Waals surface area contributed by atoms with E-state index < -0.39 is 17.5 Å². The maximum Gasteiger partial charge on any atom is 0.356 e. The Bertz CT molecular complexity index is 609. The van der Waals surface area contributed by atoms with Crippen LogP contribution in [0.3, 0.4) is 0 Å². The van der Waals surface area contributed by atoms with Gasteiger partial charge in [0.05, 0.1) is 6.61 Å². The molecule has 0 bridgehead atoms. The third-order valence-electron chi connectivity index (χ3n) is 2.57. The molecule has 1 aromatic carbocycles. The van der Waals surface area contributed by atoms with E-state index in [4.69, 9.17) is 14.9 Å². The summed E-state index contributed by atoms with van der Waals surface area (Å²) in [7, 11) is 0. The molecule has 126 valence electrons. The summed E-state index contributed by atoms with van der Waals surface area (Å²) in [5.74, 6) is -1.14. The van der Waals surface area contributed by atoms with E-state index >= 15 is 0 Å². The Morgan fingerprint density at radius 1 is 1.30 bits per heavy atom. The Kier molecular flexibility index (Phi) is 6.75. The molecule has 7 heteroatoms. The molecule has 0 aliphatic rings.